The Hall–Kier alpha value is -1.80. The lowest BCUT2D eigenvalue weighted by molar-refractivity contribution is 0.0785. The maximum Gasteiger partial charge on any atom is 0.253 e. The monoisotopic (exact) mass is 287 g/mol. The van der Waals surface area contributed by atoms with Gasteiger partial charge in [-0.15, -0.1) is 0 Å². The lowest BCUT2D eigenvalue weighted by Gasteiger charge is -2.17. The van der Waals surface area contributed by atoms with Gasteiger partial charge in [0.25, 0.3) is 5.91 Å². The average Bonchev–Trinajstić information content (AvgIpc) is 2.49. The van der Waals surface area contributed by atoms with Crippen molar-refractivity contribution in [3.8, 4) is 0 Å². The van der Waals surface area contributed by atoms with E-state index in [2.05, 4.69) is 6.92 Å². The third-order valence-electron chi connectivity index (χ3n) is 3.29. The van der Waals surface area contributed by atoms with E-state index in [1.54, 1.807) is 4.90 Å². The molecule has 0 radical (unpaired) electrons. The summed E-state index contributed by atoms with van der Waals surface area (Å²) in [6.45, 7) is 2.68. The summed E-state index contributed by atoms with van der Waals surface area (Å²) in [4.78, 5) is 14.0. The third-order valence-corrected chi connectivity index (χ3v) is 3.54. The molecule has 0 heterocycles. The summed E-state index contributed by atoms with van der Waals surface area (Å²) >= 11 is 5.85. The number of halogens is 1. The normalized spacial score (nSPS) is 10.3. The van der Waals surface area contributed by atoms with Gasteiger partial charge in [0.05, 0.1) is 0 Å². The van der Waals surface area contributed by atoms with Crippen molar-refractivity contribution in [3.05, 3.63) is 70.2 Å². The number of benzene rings is 2. The van der Waals surface area contributed by atoms with Gasteiger partial charge in [-0.1, -0.05) is 42.8 Å². The van der Waals surface area contributed by atoms with Gasteiger partial charge in [0.2, 0.25) is 0 Å². The Morgan fingerprint density at radius 1 is 1.00 bits per heavy atom. The highest BCUT2D eigenvalue weighted by atomic mass is 35.5. The Kier molecular flexibility index (Phi) is 4.80. The topological polar surface area (TPSA) is 20.3 Å². The molecule has 0 fully saturated rings. The number of amides is 1. The smallest absolute Gasteiger partial charge is 0.253 e. The molecular weight excluding hydrogens is 270 g/mol. The minimum Gasteiger partial charge on any atom is -0.337 e. The molecule has 3 heteroatoms. The van der Waals surface area contributed by atoms with Crippen LogP contribution in [-0.4, -0.2) is 17.9 Å². The zero-order valence-corrected chi connectivity index (χ0v) is 12.5. The molecule has 0 aromatic heterocycles. The molecule has 0 aliphatic rings. The molecule has 2 nitrogen and oxygen atoms in total. The van der Waals surface area contributed by atoms with Crippen LogP contribution in [0.4, 0.5) is 0 Å². The second kappa shape index (κ2) is 6.58. The van der Waals surface area contributed by atoms with Crippen molar-refractivity contribution in [2.75, 3.05) is 7.05 Å². The number of carbonyl (C=O) groups is 1. The standard InChI is InChI=1S/C17H18ClNO/c1-3-13-4-8-15(9-5-13)17(20)19(2)12-14-6-10-16(18)11-7-14/h4-11H,3,12H2,1-2H3. The van der Waals surface area contributed by atoms with Crippen LogP contribution in [0.5, 0.6) is 0 Å². The van der Waals surface area contributed by atoms with Gasteiger partial charge in [-0.05, 0) is 41.8 Å². The first-order valence-corrected chi connectivity index (χ1v) is 7.07. The Labute approximate surface area is 125 Å². The minimum atomic E-state index is 0.0302. The number of hydrogen-bond donors (Lipinski definition) is 0. The molecule has 0 saturated heterocycles. The van der Waals surface area contributed by atoms with Crippen LogP contribution in [0.2, 0.25) is 5.02 Å². The Bertz CT molecular complexity index is 575. The first-order valence-electron chi connectivity index (χ1n) is 6.69. The molecule has 20 heavy (non-hydrogen) atoms. The predicted molar refractivity (Wildman–Crippen MR) is 83.1 cm³/mol. The van der Waals surface area contributed by atoms with Gasteiger partial charge in [-0.25, -0.2) is 0 Å². The molecule has 2 rings (SSSR count). The van der Waals surface area contributed by atoms with E-state index in [-0.39, 0.29) is 5.91 Å². The first kappa shape index (κ1) is 14.6. The fourth-order valence-electron chi connectivity index (χ4n) is 2.04. The molecule has 0 aliphatic heterocycles. The van der Waals surface area contributed by atoms with Gasteiger partial charge in [0, 0.05) is 24.2 Å². The maximum absolute atomic E-state index is 12.3. The zero-order valence-electron chi connectivity index (χ0n) is 11.8. The average molecular weight is 288 g/mol. The highest BCUT2D eigenvalue weighted by Gasteiger charge is 2.11. The molecule has 0 N–H and O–H groups in total. The molecule has 0 unspecified atom stereocenters. The van der Waals surface area contributed by atoms with E-state index in [4.69, 9.17) is 11.6 Å². The molecule has 0 aliphatic carbocycles. The predicted octanol–water partition coefficient (Wildman–Crippen LogP) is 4.17. The third kappa shape index (κ3) is 3.61. The van der Waals surface area contributed by atoms with Crippen LogP contribution < -0.4 is 0 Å². The zero-order chi connectivity index (χ0) is 14.5. The van der Waals surface area contributed by atoms with Gasteiger partial charge < -0.3 is 4.90 Å². The largest absolute Gasteiger partial charge is 0.337 e. The molecule has 0 atom stereocenters. The van der Waals surface area contributed by atoms with Gasteiger partial charge >= 0.3 is 0 Å². The van der Waals surface area contributed by atoms with Gasteiger partial charge in [0.15, 0.2) is 0 Å². The second-order valence-electron chi connectivity index (χ2n) is 4.84. The van der Waals surface area contributed by atoms with Crippen molar-refractivity contribution in [1.82, 2.24) is 4.90 Å². The molecule has 2 aromatic carbocycles. The molecule has 0 saturated carbocycles. The quantitative estimate of drug-likeness (QED) is 0.826. The minimum absolute atomic E-state index is 0.0302. The fourth-order valence-corrected chi connectivity index (χ4v) is 2.16. The summed E-state index contributed by atoms with van der Waals surface area (Å²) in [5.74, 6) is 0.0302. The molecule has 2 aromatic rings. The molecule has 0 bridgehead atoms. The Morgan fingerprint density at radius 2 is 1.55 bits per heavy atom. The van der Waals surface area contributed by atoms with E-state index in [1.807, 2.05) is 55.6 Å². The molecule has 1 amide bonds. The number of carbonyl (C=O) groups excluding carboxylic acids is 1. The Morgan fingerprint density at radius 3 is 2.10 bits per heavy atom. The van der Waals surface area contributed by atoms with Crippen LogP contribution in [0.3, 0.4) is 0 Å². The van der Waals surface area contributed by atoms with E-state index in [9.17, 15) is 4.79 Å². The number of aryl methyl sites for hydroxylation is 1. The van der Waals surface area contributed by atoms with Crippen LogP contribution in [0.15, 0.2) is 48.5 Å². The van der Waals surface area contributed by atoms with Crippen molar-refractivity contribution in [3.63, 3.8) is 0 Å². The fraction of sp³-hybridized carbons (Fsp3) is 0.235. The number of nitrogens with zero attached hydrogens (tertiary/aromatic N) is 1. The lowest BCUT2D eigenvalue weighted by atomic mass is 10.1. The summed E-state index contributed by atoms with van der Waals surface area (Å²) in [7, 11) is 1.81. The van der Waals surface area contributed by atoms with Crippen molar-refractivity contribution >= 4 is 17.5 Å². The van der Waals surface area contributed by atoms with E-state index in [0.29, 0.717) is 11.6 Å². The summed E-state index contributed by atoms with van der Waals surface area (Å²) < 4.78 is 0. The van der Waals surface area contributed by atoms with Crippen molar-refractivity contribution < 1.29 is 4.79 Å². The lowest BCUT2D eigenvalue weighted by Crippen LogP contribution is -2.26. The maximum atomic E-state index is 12.3. The van der Waals surface area contributed by atoms with Crippen molar-refractivity contribution in [2.24, 2.45) is 0 Å². The van der Waals surface area contributed by atoms with Crippen LogP contribution >= 0.6 is 11.6 Å². The van der Waals surface area contributed by atoms with E-state index >= 15 is 0 Å². The van der Waals surface area contributed by atoms with Gasteiger partial charge in [-0.2, -0.15) is 0 Å². The van der Waals surface area contributed by atoms with E-state index < -0.39 is 0 Å². The number of rotatable bonds is 4. The van der Waals surface area contributed by atoms with Crippen molar-refractivity contribution in [2.45, 2.75) is 19.9 Å². The SMILES string of the molecule is CCc1ccc(C(=O)N(C)Cc2ccc(Cl)cc2)cc1. The van der Waals surface area contributed by atoms with Gasteiger partial charge in [-0.3, -0.25) is 4.79 Å². The van der Waals surface area contributed by atoms with Crippen molar-refractivity contribution in [1.29, 1.82) is 0 Å². The van der Waals surface area contributed by atoms with Gasteiger partial charge in [0.1, 0.15) is 0 Å². The first-order chi connectivity index (χ1) is 9.60. The van der Waals surface area contributed by atoms with Crippen LogP contribution in [0.1, 0.15) is 28.4 Å². The number of hydrogen-bond acceptors (Lipinski definition) is 1. The summed E-state index contributed by atoms with van der Waals surface area (Å²) in [6, 6.07) is 15.3. The molecule has 0 spiro atoms. The second-order valence-corrected chi connectivity index (χ2v) is 5.27. The van der Waals surface area contributed by atoms with E-state index in [0.717, 1.165) is 17.5 Å². The molecular formula is C17H18ClNO. The van der Waals surface area contributed by atoms with Crippen LogP contribution in [-0.2, 0) is 13.0 Å². The van der Waals surface area contributed by atoms with Crippen LogP contribution in [0.25, 0.3) is 0 Å². The highest BCUT2D eigenvalue weighted by Crippen LogP contribution is 2.13. The Balaban J connectivity index is 2.05. The van der Waals surface area contributed by atoms with E-state index in [1.165, 1.54) is 5.56 Å². The summed E-state index contributed by atoms with van der Waals surface area (Å²) in [5, 5.41) is 0.706. The highest BCUT2D eigenvalue weighted by molar-refractivity contribution is 6.30. The van der Waals surface area contributed by atoms with Crippen LogP contribution in [0, 0.1) is 0 Å². The summed E-state index contributed by atoms with van der Waals surface area (Å²) in [6.07, 6.45) is 0.981. The molecule has 104 valence electrons. The summed E-state index contributed by atoms with van der Waals surface area (Å²) in [5.41, 5.74) is 3.02.